The number of aromatic hydroxyl groups is 1. The molecule has 5 aromatic rings. The highest BCUT2D eigenvalue weighted by Gasteiger charge is 2.40. The number of hydrogen-bond acceptors (Lipinski definition) is 8. The normalized spacial score (nSPS) is 19.8. The molecule has 2 fully saturated rings. The van der Waals surface area contributed by atoms with Crippen molar-refractivity contribution in [1.82, 2.24) is 19.9 Å². The quantitative estimate of drug-likeness (QED) is 0.188. The van der Waals surface area contributed by atoms with Crippen molar-refractivity contribution in [2.45, 2.75) is 31.3 Å². The van der Waals surface area contributed by atoms with Crippen molar-refractivity contribution in [2.75, 3.05) is 13.2 Å². The molecule has 0 saturated heterocycles. The summed E-state index contributed by atoms with van der Waals surface area (Å²) in [5.41, 5.74) is 3.47. The minimum absolute atomic E-state index is 0.228. The Kier molecular flexibility index (Phi) is 9.03. The lowest BCUT2D eigenvalue weighted by atomic mass is 10.1. The Labute approximate surface area is 251 Å². The predicted octanol–water partition coefficient (Wildman–Crippen LogP) is 6.60. The Morgan fingerprint density at radius 2 is 1.16 bits per heavy atom. The Hall–Kier alpha value is -4.98. The van der Waals surface area contributed by atoms with Gasteiger partial charge in [-0.2, -0.15) is 0 Å². The van der Waals surface area contributed by atoms with Crippen LogP contribution < -0.4 is 14.2 Å². The zero-order chi connectivity index (χ0) is 29.3. The van der Waals surface area contributed by atoms with Crippen LogP contribution >= 0.6 is 0 Å². The van der Waals surface area contributed by atoms with Crippen LogP contribution in [0.4, 0.5) is 0 Å². The van der Waals surface area contributed by atoms with E-state index in [0.29, 0.717) is 43.5 Å². The summed E-state index contributed by atoms with van der Waals surface area (Å²) >= 11 is 0. The summed E-state index contributed by atoms with van der Waals surface area (Å²) in [6, 6.07) is 21.6. The van der Waals surface area contributed by atoms with Crippen LogP contribution in [0.15, 0.2) is 116 Å². The highest BCUT2D eigenvalue weighted by atomic mass is 16.5. The van der Waals surface area contributed by atoms with Crippen LogP contribution in [0.5, 0.6) is 23.0 Å². The molecule has 1 aromatic carbocycles. The monoisotopic (exact) mass is 574 g/mol. The van der Waals surface area contributed by atoms with Gasteiger partial charge in [0.1, 0.15) is 29.6 Å². The molecule has 8 nitrogen and oxygen atoms in total. The van der Waals surface area contributed by atoms with Crippen LogP contribution in [0.1, 0.15) is 41.4 Å². The molecule has 43 heavy (non-hydrogen) atoms. The van der Waals surface area contributed by atoms with E-state index in [9.17, 15) is 5.11 Å². The largest absolute Gasteiger partial charge is 0.506 e. The molecule has 0 bridgehead atoms. The van der Waals surface area contributed by atoms with Gasteiger partial charge < -0.3 is 19.3 Å². The molecule has 7 rings (SSSR count). The van der Waals surface area contributed by atoms with Gasteiger partial charge in [-0.25, -0.2) is 0 Å². The lowest BCUT2D eigenvalue weighted by molar-refractivity contribution is 0.295. The lowest BCUT2D eigenvalue weighted by Gasteiger charge is -2.08. The summed E-state index contributed by atoms with van der Waals surface area (Å²) in [4.78, 5) is 16.4. The molecule has 8 heteroatoms. The first-order chi connectivity index (χ1) is 21.2. The highest BCUT2D eigenvalue weighted by molar-refractivity contribution is 5.31. The van der Waals surface area contributed by atoms with Gasteiger partial charge in [0.25, 0.3) is 0 Å². The third kappa shape index (κ3) is 8.29. The molecule has 1 N–H and O–H groups in total. The van der Waals surface area contributed by atoms with E-state index in [4.69, 9.17) is 14.2 Å². The Bertz CT molecular complexity index is 1570. The van der Waals surface area contributed by atoms with Crippen molar-refractivity contribution in [3.05, 3.63) is 133 Å². The van der Waals surface area contributed by atoms with Crippen LogP contribution in [0.2, 0.25) is 0 Å². The molecule has 2 saturated carbocycles. The van der Waals surface area contributed by atoms with Gasteiger partial charge in [0.2, 0.25) is 0 Å². The van der Waals surface area contributed by atoms with Crippen LogP contribution in [0.25, 0.3) is 0 Å². The highest BCUT2D eigenvalue weighted by Crippen LogP contribution is 2.48. The van der Waals surface area contributed by atoms with Gasteiger partial charge >= 0.3 is 0 Å². The summed E-state index contributed by atoms with van der Waals surface area (Å²) in [6.07, 6.45) is 16.1. The van der Waals surface area contributed by atoms with Gasteiger partial charge in [-0.1, -0.05) is 30.3 Å². The average Bonchev–Trinajstić information content (AvgIpc) is 4.00. The van der Waals surface area contributed by atoms with E-state index < -0.39 is 0 Å². The van der Waals surface area contributed by atoms with E-state index >= 15 is 0 Å². The Balaban J connectivity index is 0.000000162. The maximum Gasteiger partial charge on any atom is 0.138 e. The smallest absolute Gasteiger partial charge is 0.138 e. The molecule has 2 aliphatic carbocycles. The predicted molar refractivity (Wildman–Crippen MR) is 162 cm³/mol. The molecule has 4 aromatic heterocycles. The van der Waals surface area contributed by atoms with Crippen molar-refractivity contribution in [1.29, 1.82) is 0 Å². The van der Waals surface area contributed by atoms with Gasteiger partial charge in [0.05, 0.1) is 38.0 Å². The second kappa shape index (κ2) is 13.8. The number of ether oxygens (including phenoxy) is 3. The number of aromatic nitrogens is 4. The van der Waals surface area contributed by atoms with E-state index in [1.165, 1.54) is 11.8 Å². The van der Waals surface area contributed by atoms with Crippen LogP contribution in [0.3, 0.4) is 0 Å². The number of rotatable bonds is 11. The van der Waals surface area contributed by atoms with E-state index in [2.05, 4.69) is 38.1 Å². The zero-order valence-corrected chi connectivity index (χ0v) is 23.8. The molecule has 4 heterocycles. The number of hydrogen-bond donors (Lipinski definition) is 1. The molecular formula is C35H34N4O4. The fraction of sp³-hybridized carbons (Fsp3) is 0.257. The second-order valence-corrected chi connectivity index (χ2v) is 10.9. The zero-order valence-electron chi connectivity index (χ0n) is 23.8. The molecule has 0 spiro atoms. The minimum Gasteiger partial charge on any atom is -0.506 e. The molecule has 0 aliphatic heterocycles. The first-order valence-corrected chi connectivity index (χ1v) is 14.5. The van der Waals surface area contributed by atoms with Crippen LogP contribution in [-0.4, -0.2) is 38.3 Å². The molecular weight excluding hydrogens is 540 g/mol. The van der Waals surface area contributed by atoms with E-state index in [-0.39, 0.29) is 5.75 Å². The Morgan fingerprint density at radius 3 is 1.74 bits per heavy atom. The van der Waals surface area contributed by atoms with Crippen molar-refractivity contribution in [3.63, 3.8) is 0 Å². The van der Waals surface area contributed by atoms with Crippen molar-refractivity contribution in [3.8, 4) is 23.0 Å². The number of pyridine rings is 4. The molecule has 0 amide bonds. The first-order valence-electron chi connectivity index (χ1n) is 14.5. The van der Waals surface area contributed by atoms with Crippen LogP contribution in [-0.2, 0) is 6.61 Å². The molecule has 2 aliphatic rings. The lowest BCUT2D eigenvalue weighted by Crippen LogP contribution is -2.01. The second-order valence-electron chi connectivity index (χ2n) is 10.9. The summed E-state index contributed by atoms with van der Waals surface area (Å²) in [5, 5.41) is 9.38. The summed E-state index contributed by atoms with van der Waals surface area (Å²) < 4.78 is 17.3. The maximum atomic E-state index is 9.38. The third-order valence-corrected chi connectivity index (χ3v) is 7.63. The van der Waals surface area contributed by atoms with E-state index in [0.717, 1.165) is 41.2 Å². The molecule has 0 unspecified atom stereocenters. The first kappa shape index (κ1) is 28.2. The summed E-state index contributed by atoms with van der Waals surface area (Å²) in [6.45, 7) is 1.96. The topological polar surface area (TPSA) is 99.5 Å². The summed E-state index contributed by atoms with van der Waals surface area (Å²) in [7, 11) is 0. The van der Waals surface area contributed by atoms with Gasteiger partial charge in [0.15, 0.2) is 0 Å². The fourth-order valence-corrected chi connectivity index (χ4v) is 5.06. The Morgan fingerprint density at radius 1 is 0.581 bits per heavy atom. The van der Waals surface area contributed by atoms with Gasteiger partial charge in [-0.05, 0) is 77.8 Å². The van der Waals surface area contributed by atoms with Gasteiger partial charge in [0, 0.05) is 36.6 Å². The molecule has 4 atom stereocenters. The third-order valence-electron chi connectivity index (χ3n) is 7.63. The molecule has 0 radical (unpaired) electrons. The SMILES string of the molecule is Oc1cncc([C@H]2C[C@@H]2COc2cccnc2)c1.c1ccc(COc2cncc([C@H]3C[C@@H]3COc3cccnc3)c2)cc1. The minimum atomic E-state index is 0.228. The average molecular weight is 575 g/mol. The fourth-order valence-electron chi connectivity index (χ4n) is 5.06. The van der Waals surface area contributed by atoms with E-state index in [1.54, 1.807) is 37.1 Å². The van der Waals surface area contributed by atoms with Gasteiger partial charge in [-0.15, -0.1) is 0 Å². The summed E-state index contributed by atoms with van der Waals surface area (Å²) in [5.74, 6) is 4.68. The molecule has 218 valence electrons. The van der Waals surface area contributed by atoms with Crippen molar-refractivity contribution < 1.29 is 19.3 Å². The van der Waals surface area contributed by atoms with Gasteiger partial charge in [-0.3, -0.25) is 19.9 Å². The van der Waals surface area contributed by atoms with Crippen molar-refractivity contribution in [2.24, 2.45) is 11.8 Å². The van der Waals surface area contributed by atoms with Crippen molar-refractivity contribution >= 4 is 0 Å². The van der Waals surface area contributed by atoms with E-state index in [1.807, 2.05) is 54.9 Å². The number of nitrogens with zero attached hydrogens (tertiary/aromatic N) is 4. The maximum absolute atomic E-state index is 9.38. The number of benzene rings is 1. The standard InChI is InChI=1S/C21H20N2O2.C14H14N2O2/c1-2-5-16(6-3-1)14-24-20-9-17(11-23-13-20)21-10-18(21)15-25-19-7-4-8-22-12-19;17-12-4-10(6-16-7-12)14-5-11(14)9-18-13-2-1-3-15-8-13/h1-9,11-13,18,21H,10,14-15H2;1-4,6-8,11,14,17H,5,9H2/t18-,21-;11-,14-/m11/s1. The van der Waals surface area contributed by atoms with Crippen LogP contribution in [0, 0.1) is 11.8 Å².